The van der Waals surface area contributed by atoms with E-state index in [9.17, 15) is 23.3 Å². The third kappa shape index (κ3) is 3.89. The monoisotopic (exact) mass is 413 g/mol. The zero-order valence-corrected chi connectivity index (χ0v) is 14.5. The minimum absolute atomic E-state index is 0.203. The Bertz CT molecular complexity index is 901. The summed E-state index contributed by atoms with van der Waals surface area (Å²) in [6.45, 7) is -0.596. The molecule has 0 fully saturated rings. The first-order valence-electron chi connectivity index (χ1n) is 6.53. The number of primary amides is 1. The maximum atomic E-state index is 12.8. The molecule has 2 aromatic rings. The van der Waals surface area contributed by atoms with E-state index in [4.69, 9.17) is 5.73 Å². The van der Waals surface area contributed by atoms with Gasteiger partial charge in [0.2, 0.25) is 5.91 Å². The summed E-state index contributed by atoms with van der Waals surface area (Å²) in [7, 11) is -4.21. The van der Waals surface area contributed by atoms with Gasteiger partial charge in [0.05, 0.1) is 15.5 Å². The van der Waals surface area contributed by atoms with Crippen molar-refractivity contribution in [2.45, 2.75) is 4.90 Å². The number of nitrogens with zero attached hydrogens (tertiary/aromatic N) is 2. The molecule has 0 aliphatic rings. The van der Waals surface area contributed by atoms with Gasteiger partial charge in [-0.05, 0) is 24.3 Å². The minimum Gasteiger partial charge on any atom is -0.368 e. The van der Waals surface area contributed by atoms with Crippen LogP contribution in [0.25, 0.3) is 0 Å². The number of hydrogen-bond acceptors (Lipinski definition) is 5. The van der Waals surface area contributed by atoms with Crippen molar-refractivity contribution in [2.24, 2.45) is 5.73 Å². The van der Waals surface area contributed by atoms with Crippen LogP contribution < -0.4 is 10.0 Å². The molecule has 0 saturated carbocycles. The predicted molar refractivity (Wildman–Crippen MR) is 91.0 cm³/mol. The van der Waals surface area contributed by atoms with Gasteiger partial charge in [-0.3, -0.25) is 19.2 Å². The van der Waals surface area contributed by atoms with Crippen molar-refractivity contribution in [3.05, 3.63) is 63.1 Å². The highest BCUT2D eigenvalue weighted by Crippen LogP contribution is 2.27. The summed E-state index contributed by atoms with van der Waals surface area (Å²) in [6.07, 6.45) is 0. The lowest BCUT2D eigenvalue weighted by Gasteiger charge is -2.23. The summed E-state index contributed by atoms with van der Waals surface area (Å²) in [5.41, 5.74) is 4.99. The van der Waals surface area contributed by atoms with Gasteiger partial charge in [0.15, 0.2) is 0 Å². The van der Waals surface area contributed by atoms with Crippen LogP contribution in [-0.4, -0.2) is 25.8 Å². The molecule has 0 aliphatic heterocycles. The molecule has 2 N–H and O–H groups in total. The SMILES string of the molecule is NC(=O)CN(c1cccc(Br)c1)S(=O)(=O)c1cccc([N+](=O)[O-])c1. The van der Waals surface area contributed by atoms with Crippen LogP contribution in [0.5, 0.6) is 0 Å². The molecule has 0 radical (unpaired) electrons. The first-order valence-corrected chi connectivity index (χ1v) is 8.76. The number of benzene rings is 2. The third-order valence-electron chi connectivity index (χ3n) is 3.01. The number of rotatable bonds is 6. The van der Waals surface area contributed by atoms with Crippen LogP contribution >= 0.6 is 15.9 Å². The molecule has 10 heteroatoms. The molecule has 0 spiro atoms. The van der Waals surface area contributed by atoms with Crippen molar-refractivity contribution in [3.8, 4) is 0 Å². The Hall–Kier alpha value is -2.46. The van der Waals surface area contributed by atoms with Crippen LogP contribution in [0.2, 0.25) is 0 Å². The van der Waals surface area contributed by atoms with Gasteiger partial charge in [0, 0.05) is 16.6 Å². The molecule has 24 heavy (non-hydrogen) atoms. The Morgan fingerprint density at radius 3 is 2.46 bits per heavy atom. The highest BCUT2D eigenvalue weighted by Gasteiger charge is 2.28. The summed E-state index contributed by atoms with van der Waals surface area (Å²) in [6, 6.07) is 10.9. The van der Waals surface area contributed by atoms with Gasteiger partial charge in [0.1, 0.15) is 6.54 Å². The number of hydrogen-bond donors (Lipinski definition) is 1. The largest absolute Gasteiger partial charge is 0.368 e. The molecule has 8 nitrogen and oxygen atoms in total. The summed E-state index contributed by atoms with van der Waals surface area (Å²) < 4.78 is 27.1. The standard InChI is InChI=1S/C14H12BrN3O5S/c15-10-3-1-4-11(7-10)17(9-14(16)19)24(22,23)13-6-2-5-12(8-13)18(20)21/h1-8H,9H2,(H2,16,19). The lowest BCUT2D eigenvalue weighted by molar-refractivity contribution is -0.385. The van der Waals surface area contributed by atoms with E-state index in [2.05, 4.69) is 15.9 Å². The molecule has 0 aliphatic carbocycles. The molecule has 0 unspecified atom stereocenters. The van der Waals surface area contributed by atoms with Crippen LogP contribution in [0.15, 0.2) is 57.9 Å². The van der Waals surface area contributed by atoms with Gasteiger partial charge in [-0.25, -0.2) is 8.42 Å². The Labute approximate surface area is 146 Å². The fourth-order valence-corrected chi connectivity index (χ4v) is 3.82. The van der Waals surface area contributed by atoms with Crippen molar-refractivity contribution in [2.75, 3.05) is 10.8 Å². The quantitative estimate of drug-likeness (QED) is 0.572. The Morgan fingerprint density at radius 1 is 1.21 bits per heavy atom. The molecule has 0 aromatic heterocycles. The second kappa shape index (κ2) is 6.97. The molecule has 1 amide bonds. The van der Waals surface area contributed by atoms with Crippen molar-refractivity contribution >= 4 is 43.2 Å². The third-order valence-corrected chi connectivity index (χ3v) is 5.28. The minimum atomic E-state index is -4.21. The van der Waals surface area contributed by atoms with Crippen LogP contribution in [0.4, 0.5) is 11.4 Å². The number of non-ortho nitro benzene ring substituents is 1. The number of nitro groups is 1. The second-order valence-corrected chi connectivity index (χ2v) is 7.49. The normalized spacial score (nSPS) is 11.0. The predicted octanol–water partition coefficient (Wildman–Crippen LogP) is 2.04. The molecule has 2 rings (SSSR count). The van der Waals surface area contributed by atoms with Gasteiger partial charge in [0.25, 0.3) is 15.7 Å². The molecular formula is C14H12BrN3O5S. The zero-order chi connectivity index (χ0) is 17.9. The van der Waals surface area contributed by atoms with Crippen LogP contribution in [-0.2, 0) is 14.8 Å². The lowest BCUT2D eigenvalue weighted by atomic mass is 10.3. The number of amides is 1. The highest BCUT2D eigenvalue weighted by atomic mass is 79.9. The second-order valence-electron chi connectivity index (χ2n) is 4.71. The first kappa shape index (κ1) is 17.9. The van der Waals surface area contributed by atoms with Crippen LogP contribution in [0, 0.1) is 10.1 Å². The van der Waals surface area contributed by atoms with Gasteiger partial charge >= 0.3 is 0 Å². The Kier molecular flexibility index (Phi) is 5.20. The van der Waals surface area contributed by atoms with Gasteiger partial charge < -0.3 is 5.73 Å². The topological polar surface area (TPSA) is 124 Å². The molecule has 0 heterocycles. The number of anilines is 1. The van der Waals surface area contributed by atoms with E-state index in [0.717, 1.165) is 10.4 Å². The average molecular weight is 414 g/mol. The van der Waals surface area contributed by atoms with E-state index in [1.807, 2.05) is 0 Å². The molecule has 0 atom stereocenters. The number of sulfonamides is 1. The maximum absolute atomic E-state index is 12.8. The zero-order valence-electron chi connectivity index (χ0n) is 12.1. The number of nitro benzene ring substituents is 1. The summed E-state index contributed by atoms with van der Waals surface area (Å²) >= 11 is 3.22. The summed E-state index contributed by atoms with van der Waals surface area (Å²) in [5.74, 6) is -0.857. The van der Waals surface area contributed by atoms with Crippen LogP contribution in [0.1, 0.15) is 0 Å². The Morgan fingerprint density at radius 2 is 1.88 bits per heavy atom. The Balaban J connectivity index is 2.57. The highest BCUT2D eigenvalue weighted by molar-refractivity contribution is 9.10. The fourth-order valence-electron chi connectivity index (χ4n) is 1.97. The molecular weight excluding hydrogens is 402 g/mol. The number of halogens is 1. The fraction of sp³-hybridized carbons (Fsp3) is 0.0714. The molecule has 126 valence electrons. The molecule has 0 saturated heterocycles. The number of carbonyl (C=O) groups excluding carboxylic acids is 1. The summed E-state index contributed by atoms with van der Waals surface area (Å²) in [4.78, 5) is 21.2. The van der Waals surface area contributed by atoms with Gasteiger partial charge in [-0.2, -0.15) is 0 Å². The van der Waals surface area contributed by atoms with E-state index < -0.39 is 27.4 Å². The van der Waals surface area contributed by atoms with Gasteiger partial charge in [-0.15, -0.1) is 0 Å². The van der Waals surface area contributed by atoms with E-state index in [1.54, 1.807) is 12.1 Å². The van der Waals surface area contributed by atoms with E-state index in [0.29, 0.717) is 4.47 Å². The van der Waals surface area contributed by atoms with Crippen molar-refractivity contribution in [1.29, 1.82) is 0 Å². The first-order chi connectivity index (χ1) is 11.2. The maximum Gasteiger partial charge on any atom is 0.270 e. The summed E-state index contributed by atoms with van der Waals surface area (Å²) in [5, 5.41) is 10.9. The van der Waals surface area contributed by atoms with E-state index >= 15 is 0 Å². The molecule has 0 bridgehead atoms. The number of carbonyl (C=O) groups is 1. The van der Waals surface area contributed by atoms with E-state index in [1.165, 1.54) is 30.3 Å². The van der Waals surface area contributed by atoms with Crippen molar-refractivity contribution < 1.29 is 18.1 Å². The van der Waals surface area contributed by atoms with E-state index in [-0.39, 0.29) is 16.3 Å². The number of nitrogens with two attached hydrogens (primary N) is 1. The average Bonchev–Trinajstić information content (AvgIpc) is 2.52. The molecule has 2 aromatic carbocycles. The van der Waals surface area contributed by atoms with Crippen LogP contribution in [0.3, 0.4) is 0 Å². The lowest BCUT2D eigenvalue weighted by Crippen LogP contribution is -2.38. The van der Waals surface area contributed by atoms with Crippen molar-refractivity contribution in [1.82, 2.24) is 0 Å². The van der Waals surface area contributed by atoms with Crippen molar-refractivity contribution in [3.63, 3.8) is 0 Å². The van der Waals surface area contributed by atoms with Gasteiger partial charge in [-0.1, -0.05) is 28.1 Å². The smallest absolute Gasteiger partial charge is 0.270 e.